The normalized spacial score (nSPS) is 7.94. The first-order valence-corrected chi connectivity index (χ1v) is 6.32. The van der Waals surface area contributed by atoms with Gasteiger partial charge in [0, 0.05) is 6.20 Å². The fraction of sp³-hybridized carbons (Fsp3) is 0.250. The molecular weight excluding hydrogens is 220 g/mol. The summed E-state index contributed by atoms with van der Waals surface area (Å²) in [6.07, 6.45) is 1.65. The molecule has 0 unspecified atom stereocenters. The molecule has 0 aliphatic rings. The molecule has 0 amide bonds. The Morgan fingerprint density at radius 1 is 0.889 bits per heavy atom. The maximum Gasteiger partial charge on any atom is 0.141 e. The summed E-state index contributed by atoms with van der Waals surface area (Å²) in [5, 5.41) is 8.70. The third-order valence-electron chi connectivity index (χ3n) is 1.98. The van der Waals surface area contributed by atoms with Crippen molar-refractivity contribution in [2.75, 3.05) is 0 Å². The van der Waals surface area contributed by atoms with Crippen LogP contribution in [0.5, 0.6) is 0 Å². The highest BCUT2D eigenvalue weighted by molar-refractivity contribution is 5.63. The number of nitriles is 1. The molecule has 0 aliphatic heterocycles. The molecule has 1 heterocycles. The van der Waals surface area contributed by atoms with E-state index in [0.29, 0.717) is 5.69 Å². The average molecular weight is 240 g/mol. The van der Waals surface area contributed by atoms with E-state index in [0.717, 1.165) is 11.1 Å². The molecule has 0 fully saturated rings. The number of pyridine rings is 1. The summed E-state index contributed by atoms with van der Waals surface area (Å²) < 4.78 is 0. The summed E-state index contributed by atoms with van der Waals surface area (Å²) in [5.74, 6) is 0. The lowest BCUT2D eigenvalue weighted by Crippen LogP contribution is -1.83. The van der Waals surface area contributed by atoms with Crippen molar-refractivity contribution in [3.8, 4) is 17.2 Å². The molecule has 1 aromatic carbocycles. The Labute approximate surface area is 110 Å². The minimum atomic E-state index is 0.450. The smallest absolute Gasteiger partial charge is 0.141 e. The Morgan fingerprint density at radius 2 is 1.50 bits per heavy atom. The van der Waals surface area contributed by atoms with Crippen molar-refractivity contribution in [3.05, 3.63) is 54.4 Å². The SMILES string of the molecule is CC.CC.N#Cc1cc(-c2ccccc2)ccn1. The minimum Gasteiger partial charge on any atom is -0.246 e. The van der Waals surface area contributed by atoms with Crippen molar-refractivity contribution in [1.82, 2.24) is 4.98 Å². The third kappa shape index (κ3) is 4.80. The van der Waals surface area contributed by atoms with E-state index in [4.69, 9.17) is 5.26 Å². The fourth-order valence-electron chi connectivity index (χ4n) is 1.30. The number of aromatic nitrogens is 1. The van der Waals surface area contributed by atoms with Crippen LogP contribution in [0.4, 0.5) is 0 Å². The quantitative estimate of drug-likeness (QED) is 0.726. The van der Waals surface area contributed by atoms with Crippen molar-refractivity contribution < 1.29 is 0 Å². The average Bonchev–Trinajstić information content (AvgIpc) is 2.52. The molecule has 0 atom stereocenters. The first-order chi connectivity index (χ1) is 8.90. The highest BCUT2D eigenvalue weighted by Gasteiger charge is 1.97. The molecule has 2 rings (SSSR count). The van der Waals surface area contributed by atoms with Crippen LogP contribution >= 0.6 is 0 Å². The number of nitrogens with zero attached hydrogens (tertiary/aromatic N) is 2. The maximum atomic E-state index is 8.70. The predicted molar refractivity (Wildman–Crippen MR) is 77.1 cm³/mol. The lowest BCUT2D eigenvalue weighted by Gasteiger charge is -1.99. The fourth-order valence-corrected chi connectivity index (χ4v) is 1.30. The van der Waals surface area contributed by atoms with E-state index in [1.807, 2.05) is 70.2 Å². The molecule has 0 aliphatic carbocycles. The van der Waals surface area contributed by atoms with E-state index in [2.05, 4.69) is 4.98 Å². The van der Waals surface area contributed by atoms with Crippen LogP contribution in [-0.4, -0.2) is 4.98 Å². The molecule has 18 heavy (non-hydrogen) atoms. The van der Waals surface area contributed by atoms with Gasteiger partial charge in [-0.2, -0.15) is 5.26 Å². The van der Waals surface area contributed by atoms with Gasteiger partial charge in [-0.15, -0.1) is 0 Å². The largest absolute Gasteiger partial charge is 0.246 e. The van der Waals surface area contributed by atoms with Crippen molar-refractivity contribution in [2.24, 2.45) is 0 Å². The molecule has 0 bridgehead atoms. The standard InChI is InChI=1S/C12H8N2.2C2H6/c13-9-12-8-11(6-7-14-12)10-4-2-1-3-5-10;2*1-2/h1-8H;2*1-2H3. The Balaban J connectivity index is 0.000000659. The van der Waals surface area contributed by atoms with E-state index in [-0.39, 0.29) is 0 Å². The van der Waals surface area contributed by atoms with Crippen LogP contribution in [0, 0.1) is 11.3 Å². The van der Waals surface area contributed by atoms with E-state index in [9.17, 15) is 0 Å². The second-order valence-corrected chi connectivity index (χ2v) is 2.91. The van der Waals surface area contributed by atoms with Crippen LogP contribution in [-0.2, 0) is 0 Å². The van der Waals surface area contributed by atoms with E-state index >= 15 is 0 Å². The van der Waals surface area contributed by atoms with Crippen molar-refractivity contribution >= 4 is 0 Å². The summed E-state index contributed by atoms with van der Waals surface area (Å²) in [6.45, 7) is 8.00. The summed E-state index contributed by atoms with van der Waals surface area (Å²) in [7, 11) is 0. The lowest BCUT2D eigenvalue weighted by molar-refractivity contribution is 1.26. The molecular formula is C16H20N2. The van der Waals surface area contributed by atoms with Crippen LogP contribution in [0.15, 0.2) is 48.7 Å². The molecule has 2 aromatic rings. The topological polar surface area (TPSA) is 36.7 Å². The summed E-state index contributed by atoms with van der Waals surface area (Å²) in [4.78, 5) is 3.92. The second-order valence-electron chi connectivity index (χ2n) is 2.91. The molecule has 0 radical (unpaired) electrons. The second kappa shape index (κ2) is 10.0. The van der Waals surface area contributed by atoms with Crippen molar-refractivity contribution in [1.29, 1.82) is 5.26 Å². The Kier molecular flexibility index (Phi) is 8.85. The summed E-state index contributed by atoms with van der Waals surface area (Å²) in [6, 6.07) is 15.6. The highest BCUT2D eigenvalue weighted by atomic mass is 14.7. The van der Waals surface area contributed by atoms with Gasteiger partial charge in [-0.1, -0.05) is 58.0 Å². The lowest BCUT2D eigenvalue weighted by atomic mass is 10.1. The molecule has 2 nitrogen and oxygen atoms in total. The number of hydrogen-bond acceptors (Lipinski definition) is 2. The number of benzene rings is 1. The predicted octanol–water partition coefficient (Wildman–Crippen LogP) is 4.67. The van der Waals surface area contributed by atoms with Gasteiger partial charge in [0.1, 0.15) is 11.8 Å². The molecule has 0 N–H and O–H groups in total. The van der Waals surface area contributed by atoms with Gasteiger partial charge in [0.2, 0.25) is 0 Å². The van der Waals surface area contributed by atoms with Crippen molar-refractivity contribution in [3.63, 3.8) is 0 Å². The molecule has 1 aromatic heterocycles. The van der Waals surface area contributed by atoms with E-state index in [1.165, 1.54) is 0 Å². The van der Waals surface area contributed by atoms with Crippen LogP contribution in [0.3, 0.4) is 0 Å². The first kappa shape index (κ1) is 15.9. The number of hydrogen-bond donors (Lipinski definition) is 0. The van der Waals surface area contributed by atoms with Crippen molar-refractivity contribution in [2.45, 2.75) is 27.7 Å². The minimum absolute atomic E-state index is 0.450. The van der Waals surface area contributed by atoms with Gasteiger partial charge in [0.15, 0.2) is 0 Å². The molecule has 0 spiro atoms. The Morgan fingerprint density at radius 3 is 2.06 bits per heavy atom. The summed E-state index contributed by atoms with van der Waals surface area (Å²) >= 11 is 0. The van der Waals surface area contributed by atoms with E-state index < -0.39 is 0 Å². The van der Waals surface area contributed by atoms with E-state index in [1.54, 1.807) is 12.3 Å². The Hall–Kier alpha value is -2.14. The van der Waals surface area contributed by atoms with Crippen LogP contribution in [0.1, 0.15) is 33.4 Å². The molecule has 0 saturated carbocycles. The number of rotatable bonds is 1. The Bertz CT molecular complexity index is 470. The van der Waals surface area contributed by atoms with Gasteiger partial charge in [-0.3, -0.25) is 0 Å². The van der Waals surface area contributed by atoms with Crippen LogP contribution in [0.25, 0.3) is 11.1 Å². The zero-order valence-electron chi connectivity index (χ0n) is 11.5. The first-order valence-electron chi connectivity index (χ1n) is 6.32. The van der Waals surface area contributed by atoms with Gasteiger partial charge in [0.25, 0.3) is 0 Å². The maximum absolute atomic E-state index is 8.70. The highest BCUT2D eigenvalue weighted by Crippen LogP contribution is 2.18. The van der Waals surface area contributed by atoms with Gasteiger partial charge in [0.05, 0.1) is 0 Å². The van der Waals surface area contributed by atoms with Gasteiger partial charge >= 0.3 is 0 Å². The van der Waals surface area contributed by atoms with Gasteiger partial charge in [-0.25, -0.2) is 4.98 Å². The van der Waals surface area contributed by atoms with Crippen LogP contribution in [0.2, 0.25) is 0 Å². The monoisotopic (exact) mass is 240 g/mol. The van der Waals surface area contributed by atoms with Gasteiger partial charge < -0.3 is 0 Å². The zero-order valence-corrected chi connectivity index (χ0v) is 11.5. The molecule has 2 heteroatoms. The van der Waals surface area contributed by atoms with Crippen LogP contribution < -0.4 is 0 Å². The molecule has 0 saturated heterocycles. The third-order valence-corrected chi connectivity index (χ3v) is 1.98. The summed E-state index contributed by atoms with van der Waals surface area (Å²) in [5.41, 5.74) is 2.58. The zero-order chi connectivity index (χ0) is 13.8. The molecule has 94 valence electrons. The van der Waals surface area contributed by atoms with Gasteiger partial charge in [-0.05, 0) is 23.3 Å².